The molecule has 3 atom stereocenters. The van der Waals surface area contributed by atoms with Crippen molar-refractivity contribution in [1.82, 2.24) is 16.0 Å². The first kappa shape index (κ1) is 21.4. The van der Waals surface area contributed by atoms with Crippen molar-refractivity contribution in [2.75, 3.05) is 0 Å². The van der Waals surface area contributed by atoms with Gasteiger partial charge in [-0.25, -0.2) is 4.79 Å². The van der Waals surface area contributed by atoms with Crippen LogP contribution in [0.5, 0.6) is 0 Å². The molecule has 2 aliphatic rings. The zero-order valence-corrected chi connectivity index (χ0v) is 18.5. The molecule has 5 nitrogen and oxygen atoms in total. The van der Waals surface area contributed by atoms with Crippen molar-refractivity contribution in [1.29, 1.82) is 0 Å². The van der Waals surface area contributed by atoms with Gasteiger partial charge in [0.15, 0.2) is 0 Å². The predicted octanol–water partition coefficient (Wildman–Crippen LogP) is 4.58. The van der Waals surface area contributed by atoms with E-state index >= 15 is 0 Å². The van der Waals surface area contributed by atoms with Crippen molar-refractivity contribution in [3.8, 4) is 0 Å². The number of hydrogen-bond donors (Lipinski definition) is 3. The number of aryl methyl sites for hydroxylation is 2. The molecule has 0 bridgehead atoms. The number of benzene rings is 2. The number of urea groups is 1. The van der Waals surface area contributed by atoms with Gasteiger partial charge < -0.3 is 16.0 Å². The topological polar surface area (TPSA) is 70.2 Å². The minimum atomic E-state index is -0.576. The van der Waals surface area contributed by atoms with Crippen LogP contribution in [0, 0.1) is 5.92 Å². The van der Waals surface area contributed by atoms with E-state index in [2.05, 4.69) is 46.3 Å². The first-order valence-corrected chi connectivity index (χ1v) is 11.6. The minimum Gasteiger partial charge on any atom is -0.347 e. The van der Waals surface area contributed by atoms with Crippen molar-refractivity contribution in [3.05, 3.63) is 70.8 Å². The maximum Gasteiger partial charge on any atom is 0.315 e. The van der Waals surface area contributed by atoms with Crippen molar-refractivity contribution >= 4 is 11.9 Å². The van der Waals surface area contributed by atoms with Crippen LogP contribution in [0.15, 0.2) is 48.5 Å². The predicted molar refractivity (Wildman–Crippen MR) is 123 cm³/mol. The number of carbonyl (C=O) groups excluding carboxylic acids is 2. The van der Waals surface area contributed by atoms with Crippen LogP contribution >= 0.6 is 0 Å². The quantitative estimate of drug-likeness (QED) is 0.664. The Balaban J connectivity index is 1.40. The van der Waals surface area contributed by atoms with Gasteiger partial charge in [0.05, 0.1) is 12.1 Å². The molecule has 2 aromatic carbocycles. The van der Waals surface area contributed by atoms with Crippen LogP contribution in [-0.2, 0) is 17.6 Å². The van der Waals surface area contributed by atoms with Crippen molar-refractivity contribution < 1.29 is 9.59 Å². The third-order valence-electron chi connectivity index (χ3n) is 6.60. The zero-order chi connectivity index (χ0) is 21.8. The second-order valence-electron chi connectivity index (χ2n) is 9.14. The van der Waals surface area contributed by atoms with Gasteiger partial charge in [-0.05, 0) is 66.7 Å². The monoisotopic (exact) mass is 419 g/mol. The number of amides is 3. The Kier molecular flexibility index (Phi) is 6.59. The maximum atomic E-state index is 13.1. The first-order valence-electron chi connectivity index (χ1n) is 11.6. The summed E-state index contributed by atoms with van der Waals surface area (Å²) in [7, 11) is 0. The van der Waals surface area contributed by atoms with E-state index in [1.807, 2.05) is 32.0 Å². The molecule has 4 rings (SSSR count). The molecule has 0 heterocycles. The molecular weight excluding hydrogens is 386 g/mol. The van der Waals surface area contributed by atoms with Crippen LogP contribution < -0.4 is 16.0 Å². The molecule has 0 saturated heterocycles. The SMILES string of the molecule is CC(C)[C@H](NC(=O)N[C@@H]1CCCc2ccccc21)C(=O)N[C@H]1CCCc2ccccc21. The van der Waals surface area contributed by atoms with E-state index in [1.54, 1.807) is 0 Å². The molecule has 31 heavy (non-hydrogen) atoms. The van der Waals surface area contributed by atoms with Gasteiger partial charge in [0.1, 0.15) is 6.04 Å². The van der Waals surface area contributed by atoms with Gasteiger partial charge >= 0.3 is 6.03 Å². The van der Waals surface area contributed by atoms with Gasteiger partial charge in [-0.2, -0.15) is 0 Å². The lowest BCUT2D eigenvalue weighted by molar-refractivity contribution is -0.124. The summed E-state index contributed by atoms with van der Waals surface area (Å²) in [5, 5.41) is 9.25. The lowest BCUT2D eigenvalue weighted by Gasteiger charge is -2.30. The molecule has 2 aromatic rings. The van der Waals surface area contributed by atoms with Crippen LogP contribution in [0.25, 0.3) is 0 Å². The van der Waals surface area contributed by atoms with Crippen molar-refractivity contribution in [2.45, 2.75) is 70.5 Å². The highest BCUT2D eigenvalue weighted by molar-refractivity contribution is 5.87. The molecule has 3 N–H and O–H groups in total. The minimum absolute atomic E-state index is 0.00813. The van der Waals surface area contributed by atoms with Gasteiger partial charge in [-0.3, -0.25) is 4.79 Å². The summed E-state index contributed by atoms with van der Waals surface area (Å²) in [4.78, 5) is 26.0. The van der Waals surface area contributed by atoms with Crippen LogP contribution in [0.1, 0.15) is 73.9 Å². The highest BCUT2D eigenvalue weighted by atomic mass is 16.2. The molecule has 2 aliphatic carbocycles. The maximum absolute atomic E-state index is 13.1. The molecule has 0 spiro atoms. The largest absolute Gasteiger partial charge is 0.347 e. The second-order valence-corrected chi connectivity index (χ2v) is 9.14. The molecular formula is C26H33N3O2. The first-order chi connectivity index (χ1) is 15.0. The van der Waals surface area contributed by atoms with E-state index in [0.717, 1.165) is 38.5 Å². The van der Waals surface area contributed by atoms with Crippen LogP contribution in [-0.4, -0.2) is 18.0 Å². The molecule has 164 valence electrons. The number of hydrogen-bond acceptors (Lipinski definition) is 2. The lowest BCUT2D eigenvalue weighted by Crippen LogP contribution is -2.53. The molecule has 5 heteroatoms. The highest BCUT2D eigenvalue weighted by Crippen LogP contribution is 2.30. The molecule has 0 aliphatic heterocycles. The van der Waals surface area contributed by atoms with Crippen LogP contribution in [0.2, 0.25) is 0 Å². The lowest BCUT2D eigenvalue weighted by atomic mass is 9.87. The average Bonchev–Trinajstić information content (AvgIpc) is 2.78. The number of carbonyl (C=O) groups is 2. The van der Waals surface area contributed by atoms with Gasteiger partial charge in [-0.15, -0.1) is 0 Å². The second kappa shape index (κ2) is 9.54. The molecule has 3 amide bonds. The average molecular weight is 420 g/mol. The van der Waals surface area contributed by atoms with Gasteiger partial charge in [0.25, 0.3) is 0 Å². The van der Waals surface area contributed by atoms with E-state index in [-0.39, 0.29) is 29.9 Å². The molecule has 0 saturated carbocycles. The summed E-state index contributed by atoms with van der Waals surface area (Å²) in [5.74, 6) is -0.126. The number of fused-ring (bicyclic) bond motifs is 2. The summed E-state index contributed by atoms with van der Waals surface area (Å²) < 4.78 is 0. The molecule has 0 unspecified atom stereocenters. The summed E-state index contributed by atoms with van der Waals surface area (Å²) >= 11 is 0. The standard InChI is InChI=1S/C26H33N3O2/c1-17(2)24(25(30)27-22-15-7-11-18-9-3-5-13-20(18)22)29-26(31)28-23-16-8-12-19-10-4-6-14-21(19)23/h3-6,9-10,13-14,17,22-24H,7-8,11-12,15-16H2,1-2H3,(H,27,30)(H2,28,29,31)/t22-,23+,24-/m0/s1. The van der Waals surface area contributed by atoms with Gasteiger partial charge in [-0.1, -0.05) is 62.4 Å². The number of rotatable bonds is 5. The highest BCUT2D eigenvalue weighted by Gasteiger charge is 2.29. The van der Waals surface area contributed by atoms with Crippen molar-refractivity contribution in [2.24, 2.45) is 5.92 Å². The summed E-state index contributed by atoms with van der Waals surface area (Å²) in [5.41, 5.74) is 5.00. The number of nitrogens with one attached hydrogen (secondary N) is 3. The molecule has 0 fully saturated rings. The fourth-order valence-electron chi connectivity index (χ4n) is 4.95. The Morgan fingerprint density at radius 2 is 1.32 bits per heavy atom. The third kappa shape index (κ3) is 4.92. The Hall–Kier alpha value is -2.82. The molecule has 0 aromatic heterocycles. The van der Waals surface area contributed by atoms with E-state index in [1.165, 1.54) is 22.3 Å². The van der Waals surface area contributed by atoms with Gasteiger partial charge in [0, 0.05) is 0 Å². The fourth-order valence-corrected chi connectivity index (χ4v) is 4.95. The van der Waals surface area contributed by atoms with E-state index < -0.39 is 6.04 Å². The van der Waals surface area contributed by atoms with Crippen molar-refractivity contribution in [3.63, 3.8) is 0 Å². The van der Waals surface area contributed by atoms with Crippen LogP contribution in [0.3, 0.4) is 0 Å². The zero-order valence-electron chi connectivity index (χ0n) is 18.5. The smallest absolute Gasteiger partial charge is 0.315 e. The summed E-state index contributed by atoms with van der Waals surface area (Å²) in [6, 6.07) is 15.7. The summed E-state index contributed by atoms with van der Waals surface area (Å²) in [6.45, 7) is 3.94. The van der Waals surface area contributed by atoms with E-state index in [4.69, 9.17) is 0 Å². The Bertz CT molecular complexity index is 940. The Morgan fingerprint density at radius 3 is 1.87 bits per heavy atom. The Morgan fingerprint density at radius 1 is 0.806 bits per heavy atom. The normalized spacial score (nSPS) is 20.9. The summed E-state index contributed by atoms with van der Waals surface area (Å²) in [6.07, 6.45) is 6.07. The third-order valence-corrected chi connectivity index (χ3v) is 6.60. The fraction of sp³-hybridized carbons (Fsp3) is 0.462. The van der Waals surface area contributed by atoms with Crippen LogP contribution in [0.4, 0.5) is 4.79 Å². The van der Waals surface area contributed by atoms with Gasteiger partial charge in [0.2, 0.25) is 5.91 Å². The van der Waals surface area contributed by atoms with E-state index in [0.29, 0.717) is 0 Å². The van der Waals surface area contributed by atoms with E-state index in [9.17, 15) is 9.59 Å². The Labute approximate surface area is 185 Å². The molecule has 0 radical (unpaired) electrons.